The molecule has 0 aliphatic carbocycles. The molecular formula is C12H7BrIN. The SMILES string of the molecule is Brc1ccc2c(c1)[nH]c1cc(I)ccc12. The van der Waals surface area contributed by atoms with Crippen LogP contribution in [0.3, 0.4) is 0 Å². The molecular weight excluding hydrogens is 365 g/mol. The third kappa shape index (κ3) is 1.58. The van der Waals surface area contributed by atoms with Crippen molar-refractivity contribution in [2.45, 2.75) is 0 Å². The zero-order chi connectivity index (χ0) is 10.4. The summed E-state index contributed by atoms with van der Waals surface area (Å²) in [5, 5.41) is 2.57. The van der Waals surface area contributed by atoms with Crippen LogP contribution in [0.5, 0.6) is 0 Å². The van der Waals surface area contributed by atoms with Crippen molar-refractivity contribution in [2.24, 2.45) is 0 Å². The van der Waals surface area contributed by atoms with Crippen molar-refractivity contribution < 1.29 is 0 Å². The number of aromatic nitrogens is 1. The van der Waals surface area contributed by atoms with Gasteiger partial charge in [-0.25, -0.2) is 0 Å². The smallest absolute Gasteiger partial charge is 0.0476 e. The fourth-order valence-electron chi connectivity index (χ4n) is 1.85. The molecule has 1 heterocycles. The molecule has 3 rings (SSSR count). The average Bonchev–Trinajstić information content (AvgIpc) is 2.53. The first-order valence-corrected chi connectivity index (χ1v) is 6.48. The number of aromatic amines is 1. The summed E-state index contributed by atoms with van der Waals surface area (Å²) < 4.78 is 2.36. The van der Waals surface area contributed by atoms with Crippen LogP contribution in [-0.4, -0.2) is 4.98 Å². The molecule has 0 aliphatic rings. The maximum Gasteiger partial charge on any atom is 0.0476 e. The molecule has 0 bridgehead atoms. The van der Waals surface area contributed by atoms with Gasteiger partial charge in [-0.3, -0.25) is 0 Å². The highest BCUT2D eigenvalue weighted by Crippen LogP contribution is 2.28. The van der Waals surface area contributed by atoms with Crippen LogP contribution in [0.15, 0.2) is 40.9 Å². The maximum absolute atomic E-state index is 3.48. The summed E-state index contributed by atoms with van der Waals surface area (Å²) in [6.45, 7) is 0. The van der Waals surface area contributed by atoms with Crippen molar-refractivity contribution in [1.82, 2.24) is 4.98 Å². The maximum atomic E-state index is 3.48. The van der Waals surface area contributed by atoms with Gasteiger partial charge in [0.1, 0.15) is 0 Å². The number of fused-ring (bicyclic) bond motifs is 3. The van der Waals surface area contributed by atoms with Gasteiger partial charge in [0.25, 0.3) is 0 Å². The highest BCUT2D eigenvalue weighted by atomic mass is 127. The second-order valence-electron chi connectivity index (χ2n) is 3.50. The number of benzene rings is 2. The van der Waals surface area contributed by atoms with E-state index in [-0.39, 0.29) is 0 Å². The molecule has 3 aromatic rings. The standard InChI is InChI=1S/C12H7BrIN/c13-7-1-3-9-10-4-2-8(14)6-12(10)15-11(9)5-7/h1-6,15H. The Bertz CT molecular complexity index is 601. The van der Waals surface area contributed by atoms with Gasteiger partial charge >= 0.3 is 0 Å². The lowest BCUT2D eigenvalue weighted by Crippen LogP contribution is -1.70. The van der Waals surface area contributed by atoms with E-state index in [4.69, 9.17) is 0 Å². The van der Waals surface area contributed by atoms with Gasteiger partial charge in [-0.2, -0.15) is 0 Å². The molecule has 0 unspecified atom stereocenters. The Morgan fingerprint density at radius 3 is 2.40 bits per heavy atom. The first-order chi connectivity index (χ1) is 7.24. The molecule has 74 valence electrons. The van der Waals surface area contributed by atoms with Gasteiger partial charge in [0, 0.05) is 29.8 Å². The molecule has 0 saturated carbocycles. The van der Waals surface area contributed by atoms with E-state index in [1.165, 1.54) is 25.4 Å². The van der Waals surface area contributed by atoms with E-state index in [1.807, 2.05) is 0 Å². The Morgan fingerprint density at radius 2 is 1.60 bits per heavy atom. The number of rotatable bonds is 0. The van der Waals surface area contributed by atoms with Crippen LogP contribution >= 0.6 is 38.5 Å². The molecule has 15 heavy (non-hydrogen) atoms. The van der Waals surface area contributed by atoms with Crippen molar-refractivity contribution >= 4 is 60.3 Å². The lowest BCUT2D eigenvalue weighted by atomic mass is 10.2. The van der Waals surface area contributed by atoms with E-state index in [1.54, 1.807) is 0 Å². The minimum absolute atomic E-state index is 1.11. The Hall–Kier alpha value is -0.550. The number of H-pyrrole nitrogens is 1. The summed E-state index contributed by atoms with van der Waals surface area (Å²) in [4.78, 5) is 3.42. The summed E-state index contributed by atoms with van der Waals surface area (Å²) in [6.07, 6.45) is 0. The average molecular weight is 372 g/mol. The molecule has 1 nitrogen and oxygen atoms in total. The molecule has 1 N–H and O–H groups in total. The molecule has 0 amide bonds. The van der Waals surface area contributed by atoms with Crippen molar-refractivity contribution in [1.29, 1.82) is 0 Å². The Morgan fingerprint density at radius 1 is 0.933 bits per heavy atom. The van der Waals surface area contributed by atoms with Crippen molar-refractivity contribution in [2.75, 3.05) is 0 Å². The van der Waals surface area contributed by atoms with Crippen molar-refractivity contribution in [3.05, 3.63) is 44.4 Å². The molecule has 3 heteroatoms. The first kappa shape index (κ1) is 9.66. The highest BCUT2D eigenvalue weighted by Gasteiger charge is 2.04. The van der Waals surface area contributed by atoms with Crippen molar-refractivity contribution in [3.63, 3.8) is 0 Å². The van der Waals surface area contributed by atoms with Gasteiger partial charge in [0.15, 0.2) is 0 Å². The summed E-state index contributed by atoms with van der Waals surface area (Å²) in [7, 11) is 0. The molecule has 0 spiro atoms. The van der Waals surface area contributed by atoms with Gasteiger partial charge in [-0.1, -0.05) is 28.1 Å². The third-order valence-electron chi connectivity index (χ3n) is 2.52. The Balaban J connectivity index is 2.51. The molecule has 0 radical (unpaired) electrons. The number of nitrogens with one attached hydrogen (secondary N) is 1. The summed E-state index contributed by atoms with van der Waals surface area (Å²) in [6, 6.07) is 12.8. The monoisotopic (exact) mass is 371 g/mol. The minimum Gasteiger partial charge on any atom is -0.354 e. The topological polar surface area (TPSA) is 15.8 Å². The van der Waals surface area contributed by atoms with E-state index in [2.05, 4.69) is 79.9 Å². The Kier molecular flexibility index (Phi) is 2.25. The number of halogens is 2. The van der Waals surface area contributed by atoms with E-state index >= 15 is 0 Å². The minimum atomic E-state index is 1.11. The van der Waals surface area contributed by atoms with E-state index in [9.17, 15) is 0 Å². The van der Waals surface area contributed by atoms with Gasteiger partial charge in [0.05, 0.1) is 0 Å². The van der Waals surface area contributed by atoms with Gasteiger partial charge in [0.2, 0.25) is 0 Å². The second kappa shape index (κ2) is 3.49. The lowest BCUT2D eigenvalue weighted by Gasteiger charge is -1.92. The second-order valence-corrected chi connectivity index (χ2v) is 5.67. The summed E-state index contributed by atoms with van der Waals surface area (Å²) in [5.74, 6) is 0. The van der Waals surface area contributed by atoms with E-state index < -0.39 is 0 Å². The van der Waals surface area contributed by atoms with E-state index in [0.29, 0.717) is 0 Å². The molecule has 0 fully saturated rings. The van der Waals surface area contributed by atoms with Crippen molar-refractivity contribution in [3.8, 4) is 0 Å². The fourth-order valence-corrected chi connectivity index (χ4v) is 2.71. The van der Waals surface area contributed by atoms with Crippen LogP contribution in [0.1, 0.15) is 0 Å². The molecule has 0 atom stereocenters. The van der Waals surface area contributed by atoms with Crippen LogP contribution in [0.4, 0.5) is 0 Å². The van der Waals surface area contributed by atoms with Crippen LogP contribution in [0.2, 0.25) is 0 Å². The molecule has 0 aliphatic heterocycles. The largest absolute Gasteiger partial charge is 0.354 e. The molecule has 2 aromatic carbocycles. The van der Waals surface area contributed by atoms with Gasteiger partial charge in [-0.05, 0) is 46.9 Å². The zero-order valence-electron chi connectivity index (χ0n) is 7.72. The predicted octanol–water partition coefficient (Wildman–Crippen LogP) is 4.69. The summed E-state index contributed by atoms with van der Waals surface area (Å²) in [5.41, 5.74) is 2.39. The Labute approximate surface area is 109 Å². The van der Waals surface area contributed by atoms with E-state index in [0.717, 1.165) is 4.47 Å². The van der Waals surface area contributed by atoms with Gasteiger partial charge in [-0.15, -0.1) is 0 Å². The van der Waals surface area contributed by atoms with Gasteiger partial charge < -0.3 is 4.98 Å². The highest BCUT2D eigenvalue weighted by molar-refractivity contribution is 14.1. The fraction of sp³-hybridized carbons (Fsp3) is 0. The van der Waals surface area contributed by atoms with Crippen LogP contribution in [0, 0.1) is 3.57 Å². The number of hydrogen-bond acceptors (Lipinski definition) is 0. The van der Waals surface area contributed by atoms with Crippen LogP contribution in [-0.2, 0) is 0 Å². The summed E-state index contributed by atoms with van der Waals surface area (Å²) >= 11 is 5.81. The third-order valence-corrected chi connectivity index (χ3v) is 3.69. The lowest BCUT2D eigenvalue weighted by molar-refractivity contribution is 1.53. The first-order valence-electron chi connectivity index (χ1n) is 4.60. The predicted molar refractivity (Wildman–Crippen MR) is 76.2 cm³/mol. The van der Waals surface area contributed by atoms with Crippen LogP contribution in [0.25, 0.3) is 21.8 Å². The van der Waals surface area contributed by atoms with Crippen LogP contribution < -0.4 is 0 Å². The number of hydrogen-bond donors (Lipinski definition) is 1. The zero-order valence-corrected chi connectivity index (χ0v) is 11.5. The molecule has 1 aromatic heterocycles. The molecule has 0 saturated heterocycles. The normalized spacial score (nSPS) is 11.3. The quantitative estimate of drug-likeness (QED) is 0.552.